The van der Waals surface area contributed by atoms with Gasteiger partial charge in [-0.2, -0.15) is 0 Å². The Morgan fingerprint density at radius 2 is 1.89 bits per heavy atom. The molecule has 2 rings (SSSR count). The molecular weight excluding hydrogens is 236 g/mol. The van der Waals surface area contributed by atoms with Crippen molar-refractivity contribution in [3.05, 3.63) is 72.6 Å². The van der Waals surface area contributed by atoms with E-state index in [1.807, 2.05) is 42.5 Å². The number of hydrogen-bond acceptors (Lipinski definition) is 3. The van der Waals surface area contributed by atoms with Crippen LogP contribution in [0.3, 0.4) is 0 Å². The fourth-order valence-electron chi connectivity index (χ4n) is 1.97. The molecule has 1 N–H and O–H groups in total. The Balaban J connectivity index is 2.08. The standard InChI is InChI=1S/C16H18N2O/c1-2-11-18(13-15-8-5-6-10-17-15)12-14-7-3-4-9-16(14)19/h2-10,19H,1,11-13H2. The van der Waals surface area contributed by atoms with E-state index in [0.717, 1.165) is 24.3 Å². The van der Waals surface area contributed by atoms with Gasteiger partial charge < -0.3 is 5.11 Å². The minimum atomic E-state index is 0.331. The molecule has 1 aromatic carbocycles. The van der Waals surface area contributed by atoms with E-state index in [1.54, 1.807) is 12.3 Å². The van der Waals surface area contributed by atoms with Crippen molar-refractivity contribution in [3.63, 3.8) is 0 Å². The van der Waals surface area contributed by atoms with Crippen molar-refractivity contribution in [2.45, 2.75) is 13.1 Å². The van der Waals surface area contributed by atoms with Gasteiger partial charge in [0.25, 0.3) is 0 Å². The lowest BCUT2D eigenvalue weighted by Gasteiger charge is -2.20. The van der Waals surface area contributed by atoms with Crippen LogP contribution in [0, 0.1) is 0 Å². The molecule has 0 amide bonds. The molecular formula is C16H18N2O. The number of benzene rings is 1. The molecule has 2 aromatic rings. The summed E-state index contributed by atoms with van der Waals surface area (Å²) in [6, 6.07) is 13.3. The largest absolute Gasteiger partial charge is 0.508 e. The highest BCUT2D eigenvalue weighted by atomic mass is 16.3. The Morgan fingerprint density at radius 1 is 1.11 bits per heavy atom. The van der Waals surface area contributed by atoms with Gasteiger partial charge >= 0.3 is 0 Å². The maximum atomic E-state index is 9.83. The van der Waals surface area contributed by atoms with Crippen LogP contribution in [-0.2, 0) is 13.1 Å². The third kappa shape index (κ3) is 3.93. The van der Waals surface area contributed by atoms with Crippen LogP contribution < -0.4 is 0 Å². The first-order valence-electron chi connectivity index (χ1n) is 6.29. The Morgan fingerprint density at radius 3 is 2.58 bits per heavy atom. The average Bonchev–Trinajstić information content (AvgIpc) is 2.43. The van der Waals surface area contributed by atoms with Crippen LogP contribution in [0.4, 0.5) is 0 Å². The molecule has 0 spiro atoms. The molecule has 0 radical (unpaired) electrons. The van der Waals surface area contributed by atoms with Crippen LogP contribution in [0.25, 0.3) is 0 Å². The third-order valence-electron chi connectivity index (χ3n) is 2.88. The minimum absolute atomic E-state index is 0.331. The van der Waals surface area contributed by atoms with Crippen molar-refractivity contribution >= 4 is 0 Å². The van der Waals surface area contributed by atoms with Gasteiger partial charge in [-0.1, -0.05) is 30.3 Å². The second-order valence-electron chi connectivity index (χ2n) is 4.41. The number of nitrogens with zero attached hydrogens (tertiary/aromatic N) is 2. The smallest absolute Gasteiger partial charge is 0.120 e. The van der Waals surface area contributed by atoms with Crippen LogP contribution in [0.5, 0.6) is 5.75 Å². The highest BCUT2D eigenvalue weighted by Gasteiger charge is 2.08. The van der Waals surface area contributed by atoms with Crippen molar-refractivity contribution < 1.29 is 5.11 Å². The summed E-state index contributed by atoms with van der Waals surface area (Å²) in [5.41, 5.74) is 1.93. The summed E-state index contributed by atoms with van der Waals surface area (Å²) >= 11 is 0. The molecule has 0 unspecified atom stereocenters. The number of pyridine rings is 1. The molecule has 0 aliphatic carbocycles. The number of hydrogen-bond donors (Lipinski definition) is 1. The molecule has 1 heterocycles. The zero-order chi connectivity index (χ0) is 13.5. The van der Waals surface area contributed by atoms with E-state index in [1.165, 1.54) is 0 Å². The van der Waals surface area contributed by atoms with Crippen molar-refractivity contribution in [2.75, 3.05) is 6.54 Å². The molecule has 0 bridgehead atoms. The first kappa shape index (κ1) is 13.3. The van der Waals surface area contributed by atoms with Crippen molar-refractivity contribution in [1.82, 2.24) is 9.88 Å². The lowest BCUT2D eigenvalue weighted by atomic mass is 10.2. The normalized spacial score (nSPS) is 10.6. The molecule has 0 fully saturated rings. The highest BCUT2D eigenvalue weighted by Crippen LogP contribution is 2.18. The average molecular weight is 254 g/mol. The SMILES string of the molecule is C=CCN(Cc1ccccn1)Cc1ccccc1O. The van der Waals surface area contributed by atoms with Crippen molar-refractivity contribution in [2.24, 2.45) is 0 Å². The Hall–Kier alpha value is -2.13. The van der Waals surface area contributed by atoms with Gasteiger partial charge in [0, 0.05) is 31.4 Å². The van der Waals surface area contributed by atoms with Crippen LogP contribution in [-0.4, -0.2) is 21.5 Å². The first-order valence-corrected chi connectivity index (χ1v) is 6.29. The fraction of sp³-hybridized carbons (Fsp3) is 0.188. The van der Waals surface area contributed by atoms with Crippen LogP contribution >= 0.6 is 0 Å². The quantitative estimate of drug-likeness (QED) is 0.805. The molecule has 0 aliphatic heterocycles. The van der Waals surface area contributed by atoms with E-state index in [4.69, 9.17) is 0 Å². The van der Waals surface area contributed by atoms with E-state index in [2.05, 4.69) is 16.5 Å². The monoisotopic (exact) mass is 254 g/mol. The zero-order valence-corrected chi connectivity index (χ0v) is 10.9. The maximum absolute atomic E-state index is 9.83. The molecule has 0 saturated carbocycles. The summed E-state index contributed by atoms with van der Waals surface area (Å²) in [6.07, 6.45) is 3.66. The van der Waals surface area contributed by atoms with Crippen molar-refractivity contribution in [3.8, 4) is 5.75 Å². The summed E-state index contributed by atoms with van der Waals surface area (Å²) in [7, 11) is 0. The molecule has 98 valence electrons. The summed E-state index contributed by atoms with van der Waals surface area (Å²) in [5.74, 6) is 0.331. The molecule has 0 saturated heterocycles. The van der Waals surface area contributed by atoms with E-state index in [-0.39, 0.29) is 0 Å². The molecule has 3 nitrogen and oxygen atoms in total. The lowest BCUT2D eigenvalue weighted by molar-refractivity contribution is 0.278. The summed E-state index contributed by atoms with van der Waals surface area (Å²) in [5, 5.41) is 9.83. The number of aromatic nitrogens is 1. The second kappa shape index (κ2) is 6.71. The highest BCUT2D eigenvalue weighted by molar-refractivity contribution is 5.31. The number of phenols is 1. The second-order valence-corrected chi connectivity index (χ2v) is 4.41. The van der Waals surface area contributed by atoms with Gasteiger partial charge in [0.1, 0.15) is 5.75 Å². The number of aromatic hydroxyl groups is 1. The number of para-hydroxylation sites is 1. The van der Waals surface area contributed by atoms with Gasteiger partial charge in [0.15, 0.2) is 0 Å². The first-order chi connectivity index (χ1) is 9.29. The Kier molecular flexibility index (Phi) is 4.70. The fourth-order valence-corrected chi connectivity index (χ4v) is 1.97. The molecule has 1 aromatic heterocycles. The van der Waals surface area contributed by atoms with E-state index >= 15 is 0 Å². The van der Waals surface area contributed by atoms with Gasteiger partial charge in [-0.3, -0.25) is 9.88 Å². The van der Waals surface area contributed by atoms with Gasteiger partial charge in [-0.05, 0) is 18.2 Å². The van der Waals surface area contributed by atoms with Gasteiger partial charge in [-0.15, -0.1) is 6.58 Å². The van der Waals surface area contributed by atoms with Gasteiger partial charge in [0.05, 0.1) is 5.69 Å². The summed E-state index contributed by atoms with van der Waals surface area (Å²) in [4.78, 5) is 6.51. The van der Waals surface area contributed by atoms with Crippen LogP contribution in [0.2, 0.25) is 0 Å². The topological polar surface area (TPSA) is 36.4 Å². The van der Waals surface area contributed by atoms with E-state index in [0.29, 0.717) is 12.3 Å². The molecule has 19 heavy (non-hydrogen) atoms. The summed E-state index contributed by atoms with van der Waals surface area (Å²) < 4.78 is 0. The number of phenolic OH excluding ortho intramolecular Hbond substituents is 1. The lowest BCUT2D eigenvalue weighted by Crippen LogP contribution is -2.23. The molecule has 0 aliphatic rings. The van der Waals surface area contributed by atoms with E-state index < -0.39 is 0 Å². The predicted octanol–water partition coefficient (Wildman–Crippen LogP) is 2.98. The minimum Gasteiger partial charge on any atom is -0.508 e. The van der Waals surface area contributed by atoms with Crippen molar-refractivity contribution in [1.29, 1.82) is 0 Å². The third-order valence-corrected chi connectivity index (χ3v) is 2.88. The zero-order valence-electron chi connectivity index (χ0n) is 10.9. The summed E-state index contributed by atoms with van der Waals surface area (Å²) in [6.45, 7) is 5.95. The predicted molar refractivity (Wildman–Crippen MR) is 76.7 cm³/mol. The van der Waals surface area contributed by atoms with Crippen LogP contribution in [0.1, 0.15) is 11.3 Å². The molecule has 3 heteroatoms. The van der Waals surface area contributed by atoms with Gasteiger partial charge in [0.2, 0.25) is 0 Å². The maximum Gasteiger partial charge on any atom is 0.120 e. The van der Waals surface area contributed by atoms with Crippen LogP contribution in [0.15, 0.2) is 61.3 Å². The van der Waals surface area contributed by atoms with Gasteiger partial charge in [-0.25, -0.2) is 0 Å². The Labute approximate surface area is 113 Å². The molecule has 0 atom stereocenters. The Bertz CT molecular complexity index is 525. The van der Waals surface area contributed by atoms with E-state index in [9.17, 15) is 5.11 Å². The number of rotatable bonds is 6.